The highest BCUT2D eigenvalue weighted by molar-refractivity contribution is 5.61. The van der Waals surface area contributed by atoms with Crippen LogP contribution >= 0.6 is 0 Å². The second kappa shape index (κ2) is 5.79. The van der Waals surface area contributed by atoms with Crippen LogP contribution < -0.4 is 0 Å². The first-order valence-corrected chi connectivity index (χ1v) is 6.84. The lowest BCUT2D eigenvalue weighted by molar-refractivity contribution is -0.0334. The number of likely N-dealkylation sites (N-methyl/N-ethyl adjacent to an activating group) is 1. The van der Waals surface area contributed by atoms with Crippen molar-refractivity contribution in [2.45, 2.75) is 13.0 Å². The van der Waals surface area contributed by atoms with Gasteiger partial charge in [-0.15, -0.1) is 0 Å². The molecule has 1 aromatic carbocycles. The predicted molar refractivity (Wildman–Crippen MR) is 72.2 cm³/mol. The number of aromatic nitrogens is 2. The van der Waals surface area contributed by atoms with Gasteiger partial charge in [0.05, 0.1) is 12.2 Å². The molecule has 3 rings (SSSR count). The average Bonchev–Trinajstić information content (AvgIpc) is 2.99. The molecule has 0 saturated carbocycles. The minimum atomic E-state index is -0.478. The van der Waals surface area contributed by atoms with E-state index in [-0.39, 0.29) is 23.3 Å². The van der Waals surface area contributed by atoms with Gasteiger partial charge in [-0.05, 0) is 24.7 Å². The van der Waals surface area contributed by atoms with Crippen molar-refractivity contribution in [3.05, 3.63) is 29.8 Å². The van der Waals surface area contributed by atoms with Gasteiger partial charge in [0.15, 0.2) is 0 Å². The largest absolute Gasteiger partial charge is 0.507 e. The molecule has 0 amide bonds. The van der Waals surface area contributed by atoms with Gasteiger partial charge < -0.3 is 14.4 Å². The Bertz CT molecular complexity index is 632. The van der Waals surface area contributed by atoms with E-state index in [2.05, 4.69) is 22.0 Å². The summed E-state index contributed by atoms with van der Waals surface area (Å²) in [5.74, 6) is -0.0917. The fourth-order valence-electron chi connectivity index (χ4n) is 2.30. The number of rotatable bonds is 3. The Hall–Kier alpha value is -1.99. The number of aromatic hydroxyl groups is 1. The molecule has 0 spiro atoms. The lowest BCUT2D eigenvalue weighted by Gasteiger charge is -2.30. The molecule has 0 aliphatic carbocycles. The first kappa shape index (κ1) is 14.0. The maximum absolute atomic E-state index is 13.3. The van der Waals surface area contributed by atoms with Crippen LogP contribution in [0.25, 0.3) is 11.5 Å². The van der Waals surface area contributed by atoms with E-state index < -0.39 is 5.82 Å². The summed E-state index contributed by atoms with van der Waals surface area (Å²) in [6, 6.07) is 3.58. The van der Waals surface area contributed by atoms with Crippen LogP contribution in [0.15, 0.2) is 22.7 Å². The van der Waals surface area contributed by atoms with Gasteiger partial charge in [-0.25, -0.2) is 4.39 Å². The van der Waals surface area contributed by atoms with Crippen LogP contribution in [0, 0.1) is 5.82 Å². The number of nitrogens with zero attached hydrogens (tertiary/aromatic N) is 3. The Morgan fingerprint density at radius 1 is 1.48 bits per heavy atom. The summed E-state index contributed by atoms with van der Waals surface area (Å²) in [4.78, 5) is 6.44. The highest BCUT2D eigenvalue weighted by atomic mass is 19.1. The third kappa shape index (κ3) is 2.88. The van der Waals surface area contributed by atoms with E-state index in [1.807, 2.05) is 0 Å². The standard InChI is InChI=1S/C14H16FN3O3/c1-2-18-5-6-20-12(8-18)13-16-14(21-17-13)10-7-9(15)3-4-11(10)19/h3-4,7,12,19H,2,5-6,8H2,1H3. The van der Waals surface area contributed by atoms with Crippen LogP contribution in [0.3, 0.4) is 0 Å². The summed E-state index contributed by atoms with van der Waals surface area (Å²) in [5.41, 5.74) is 0.178. The Morgan fingerprint density at radius 2 is 2.33 bits per heavy atom. The van der Waals surface area contributed by atoms with E-state index in [0.717, 1.165) is 19.2 Å². The second-order valence-corrected chi connectivity index (χ2v) is 4.87. The molecule has 1 unspecified atom stereocenters. The molecule has 0 bridgehead atoms. The summed E-state index contributed by atoms with van der Waals surface area (Å²) in [7, 11) is 0. The maximum Gasteiger partial charge on any atom is 0.261 e. The van der Waals surface area contributed by atoms with Gasteiger partial charge in [0.1, 0.15) is 17.7 Å². The van der Waals surface area contributed by atoms with Gasteiger partial charge in [-0.2, -0.15) is 4.98 Å². The molecule has 1 atom stereocenters. The topological polar surface area (TPSA) is 71.6 Å². The second-order valence-electron chi connectivity index (χ2n) is 4.87. The van der Waals surface area contributed by atoms with Gasteiger partial charge in [0, 0.05) is 13.1 Å². The summed E-state index contributed by atoms with van der Waals surface area (Å²) in [5, 5.41) is 13.6. The zero-order valence-electron chi connectivity index (χ0n) is 11.6. The van der Waals surface area contributed by atoms with Crippen LogP contribution in [-0.4, -0.2) is 46.4 Å². The molecule has 7 heteroatoms. The molecule has 2 aromatic rings. The number of benzene rings is 1. The van der Waals surface area contributed by atoms with E-state index >= 15 is 0 Å². The van der Waals surface area contributed by atoms with Crippen LogP contribution in [0.4, 0.5) is 4.39 Å². The lowest BCUT2D eigenvalue weighted by atomic mass is 10.2. The number of hydrogen-bond acceptors (Lipinski definition) is 6. The van der Waals surface area contributed by atoms with Gasteiger partial charge in [-0.1, -0.05) is 12.1 Å². The highest BCUT2D eigenvalue weighted by Crippen LogP contribution is 2.30. The zero-order chi connectivity index (χ0) is 14.8. The Labute approximate surface area is 121 Å². The fourth-order valence-corrected chi connectivity index (χ4v) is 2.30. The first-order chi connectivity index (χ1) is 10.2. The van der Waals surface area contributed by atoms with Crippen LogP contribution in [0.5, 0.6) is 5.75 Å². The summed E-state index contributed by atoms with van der Waals surface area (Å²) in [6.45, 7) is 5.17. The number of ether oxygens (including phenoxy) is 1. The van der Waals surface area contributed by atoms with Crippen LogP contribution in [0.1, 0.15) is 18.9 Å². The molecule has 0 radical (unpaired) electrons. The molecule has 1 aliphatic rings. The van der Waals surface area contributed by atoms with Crippen molar-refractivity contribution in [1.29, 1.82) is 0 Å². The van der Waals surface area contributed by atoms with Crippen molar-refractivity contribution in [3.8, 4) is 17.2 Å². The molecule has 1 fully saturated rings. The van der Waals surface area contributed by atoms with Crippen molar-refractivity contribution in [3.63, 3.8) is 0 Å². The molecule has 21 heavy (non-hydrogen) atoms. The van der Waals surface area contributed by atoms with E-state index in [9.17, 15) is 9.50 Å². The first-order valence-electron chi connectivity index (χ1n) is 6.84. The van der Waals surface area contributed by atoms with Gasteiger partial charge in [0.25, 0.3) is 5.89 Å². The smallest absolute Gasteiger partial charge is 0.261 e. The molecule has 2 heterocycles. The number of phenols is 1. The minimum Gasteiger partial charge on any atom is -0.507 e. The highest BCUT2D eigenvalue weighted by Gasteiger charge is 2.26. The molecule has 1 saturated heterocycles. The molecule has 1 aromatic heterocycles. The van der Waals surface area contributed by atoms with Gasteiger partial charge in [0.2, 0.25) is 5.82 Å². The molecule has 1 aliphatic heterocycles. The number of hydrogen-bond donors (Lipinski definition) is 1. The predicted octanol–water partition coefficient (Wildman–Crippen LogP) is 1.97. The lowest BCUT2D eigenvalue weighted by Crippen LogP contribution is -2.38. The molecular formula is C14H16FN3O3. The van der Waals surface area contributed by atoms with E-state index in [4.69, 9.17) is 9.26 Å². The van der Waals surface area contributed by atoms with Crippen molar-refractivity contribution >= 4 is 0 Å². The quantitative estimate of drug-likeness (QED) is 0.933. The molecule has 6 nitrogen and oxygen atoms in total. The fraction of sp³-hybridized carbons (Fsp3) is 0.429. The van der Waals surface area contributed by atoms with Crippen LogP contribution in [-0.2, 0) is 4.74 Å². The van der Waals surface area contributed by atoms with Gasteiger partial charge in [-0.3, -0.25) is 4.90 Å². The van der Waals surface area contributed by atoms with Crippen molar-refractivity contribution in [2.24, 2.45) is 0 Å². The SMILES string of the molecule is CCN1CCOC(c2noc(-c3cc(F)ccc3O)n2)C1. The van der Waals surface area contributed by atoms with Crippen LogP contribution in [0.2, 0.25) is 0 Å². The maximum atomic E-state index is 13.3. The van der Waals surface area contributed by atoms with E-state index in [0.29, 0.717) is 19.0 Å². The average molecular weight is 293 g/mol. The van der Waals surface area contributed by atoms with Crippen molar-refractivity contribution in [1.82, 2.24) is 15.0 Å². The van der Waals surface area contributed by atoms with Gasteiger partial charge >= 0.3 is 0 Å². The summed E-state index contributed by atoms with van der Waals surface area (Å²) in [6.07, 6.45) is -0.271. The number of halogens is 1. The normalized spacial score (nSPS) is 19.8. The number of morpholine rings is 1. The summed E-state index contributed by atoms with van der Waals surface area (Å²) < 4.78 is 24.0. The number of phenolic OH excluding ortho intramolecular Hbond substituents is 1. The summed E-state index contributed by atoms with van der Waals surface area (Å²) >= 11 is 0. The third-order valence-electron chi connectivity index (χ3n) is 3.52. The Morgan fingerprint density at radius 3 is 3.14 bits per heavy atom. The Kier molecular flexibility index (Phi) is 3.85. The molecular weight excluding hydrogens is 277 g/mol. The monoisotopic (exact) mass is 293 g/mol. The molecule has 112 valence electrons. The van der Waals surface area contributed by atoms with E-state index in [1.165, 1.54) is 12.1 Å². The third-order valence-corrected chi connectivity index (χ3v) is 3.52. The van der Waals surface area contributed by atoms with E-state index in [1.54, 1.807) is 0 Å². The Balaban J connectivity index is 1.84. The molecule has 1 N–H and O–H groups in total. The van der Waals surface area contributed by atoms with Crippen molar-refractivity contribution in [2.75, 3.05) is 26.2 Å². The van der Waals surface area contributed by atoms with Crippen molar-refractivity contribution < 1.29 is 18.8 Å². The minimum absolute atomic E-state index is 0.0826. The zero-order valence-corrected chi connectivity index (χ0v) is 11.6.